The molecule has 1 unspecified atom stereocenters. The molecule has 1 aliphatic rings. The largest absolute Gasteiger partial charge is 0.359 e. The summed E-state index contributed by atoms with van der Waals surface area (Å²) >= 11 is 0. The first-order chi connectivity index (χ1) is 10.8. The van der Waals surface area contributed by atoms with Crippen LogP contribution in [0.4, 0.5) is 0 Å². The van der Waals surface area contributed by atoms with Crippen LogP contribution in [-0.4, -0.2) is 33.2 Å². The highest BCUT2D eigenvalue weighted by Crippen LogP contribution is 2.35. The number of rotatable bonds is 7. The van der Waals surface area contributed by atoms with Crippen LogP contribution in [0.5, 0.6) is 0 Å². The predicted molar refractivity (Wildman–Crippen MR) is 91.8 cm³/mol. The maximum absolute atomic E-state index is 12.2. The summed E-state index contributed by atoms with van der Waals surface area (Å²) in [7, 11) is -3.32. The van der Waals surface area contributed by atoms with E-state index in [2.05, 4.69) is 36.0 Å². The molecular formula is C17H26N2O3S. The van der Waals surface area contributed by atoms with E-state index in [0.717, 1.165) is 19.3 Å². The predicted octanol–water partition coefficient (Wildman–Crippen LogP) is 1.72. The Morgan fingerprint density at radius 1 is 1.30 bits per heavy atom. The molecule has 0 spiro atoms. The van der Waals surface area contributed by atoms with E-state index in [4.69, 9.17) is 0 Å². The lowest BCUT2D eigenvalue weighted by Crippen LogP contribution is -2.38. The second kappa shape index (κ2) is 7.45. The maximum Gasteiger partial charge on any atom is 0.211 e. The molecule has 0 aromatic heterocycles. The van der Waals surface area contributed by atoms with Crippen LogP contribution in [0, 0.1) is 0 Å². The highest BCUT2D eigenvalue weighted by molar-refractivity contribution is 7.89. The van der Waals surface area contributed by atoms with Crippen LogP contribution < -0.4 is 10.0 Å². The van der Waals surface area contributed by atoms with E-state index in [9.17, 15) is 13.2 Å². The summed E-state index contributed by atoms with van der Waals surface area (Å²) < 4.78 is 27.3. The molecule has 23 heavy (non-hydrogen) atoms. The van der Waals surface area contributed by atoms with Gasteiger partial charge in [0.2, 0.25) is 16.4 Å². The van der Waals surface area contributed by atoms with Gasteiger partial charge in [-0.2, -0.15) is 0 Å². The fourth-order valence-corrected chi connectivity index (χ4v) is 4.58. The fraction of sp³-hybridized carbons (Fsp3) is 0.588. The van der Waals surface area contributed by atoms with Crippen LogP contribution in [0.3, 0.4) is 0 Å². The molecule has 0 aliphatic heterocycles. The Morgan fingerprint density at radius 2 is 2.04 bits per heavy atom. The smallest absolute Gasteiger partial charge is 0.211 e. The van der Waals surface area contributed by atoms with E-state index in [1.165, 1.54) is 11.1 Å². The van der Waals surface area contributed by atoms with Gasteiger partial charge in [-0.05, 0) is 42.2 Å². The first-order valence-electron chi connectivity index (χ1n) is 8.09. The van der Waals surface area contributed by atoms with Crippen LogP contribution in [0.25, 0.3) is 0 Å². The minimum absolute atomic E-state index is 0.0371. The molecule has 5 nitrogen and oxygen atoms in total. The Bertz CT molecular complexity index is 641. The lowest BCUT2D eigenvalue weighted by molar-refractivity contribution is -0.109. The molecule has 1 aromatic carbocycles. The number of sulfonamides is 1. The minimum Gasteiger partial charge on any atom is -0.359 e. The number of hydrogen-bond acceptors (Lipinski definition) is 3. The standard InChI is InChI=1S/C17H26N2O3S/c1-17(2)9-8-15(12-14-6-3-4-7-16(14)17)19-23(21,22)11-5-10-18-13-20/h3-4,6-7,13,15,19H,5,8-12H2,1-2H3,(H,18,20). The second-order valence-electron chi connectivity index (χ2n) is 6.84. The molecular weight excluding hydrogens is 312 g/mol. The van der Waals surface area contributed by atoms with E-state index in [-0.39, 0.29) is 17.2 Å². The molecule has 2 N–H and O–H groups in total. The minimum atomic E-state index is -3.32. The van der Waals surface area contributed by atoms with Crippen molar-refractivity contribution >= 4 is 16.4 Å². The third-order valence-electron chi connectivity index (χ3n) is 4.49. The summed E-state index contributed by atoms with van der Waals surface area (Å²) in [5.74, 6) is 0.0371. The summed E-state index contributed by atoms with van der Waals surface area (Å²) in [6.07, 6.45) is 3.51. The van der Waals surface area contributed by atoms with Crippen molar-refractivity contribution in [2.45, 2.75) is 51.0 Å². The van der Waals surface area contributed by atoms with Crippen LogP contribution in [-0.2, 0) is 26.7 Å². The highest BCUT2D eigenvalue weighted by Gasteiger charge is 2.30. The molecule has 0 fully saturated rings. The number of carbonyl (C=O) groups is 1. The average molecular weight is 338 g/mol. The van der Waals surface area contributed by atoms with Gasteiger partial charge >= 0.3 is 0 Å². The summed E-state index contributed by atoms with van der Waals surface area (Å²) in [4.78, 5) is 10.2. The van der Waals surface area contributed by atoms with Gasteiger partial charge in [0.25, 0.3) is 0 Å². The van der Waals surface area contributed by atoms with Gasteiger partial charge in [-0.1, -0.05) is 38.1 Å². The zero-order chi connectivity index (χ0) is 16.9. The topological polar surface area (TPSA) is 75.3 Å². The molecule has 1 aromatic rings. The maximum atomic E-state index is 12.2. The molecule has 0 saturated heterocycles. The second-order valence-corrected chi connectivity index (χ2v) is 8.72. The van der Waals surface area contributed by atoms with Crippen molar-refractivity contribution in [1.29, 1.82) is 0 Å². The first-order valence-corrected chi connectivity index (χ1v) is 9.75. The van der Waals surface area contributed by atoms with Gasteiger partial charge in [-0.3, -0.25) is 4.79 Å². The van der Waals surface area contributed by atoms with E-state index in [1.54, 1.807) is 0 Å². The van der Waals surface area contributed by atoms with Crippen molar-refractivity contribution in [2.75, 3.05) is 12.3 Å². The van der Waals surface area contributed by atoms with E-state index < -0.39 is 10.0 Å². The summed E-state index contributed by atoms with van der Waals surface area (Å²) in [6.45, 7) is 4.81. The molecule has 0 bridgehead atoms. The van der Waals surface area contributed by atoms with Crippen molar-refractivity contribution in [3.05, 3.63) is 35.4 Å². The van der Waals surface area contributed by atoms with E-state index in [1.807, 2.05) is 12.1 Å². The molecule has 2 rings (SSSR count). The Balaban J connectivity index is 2.04. The van der Waals surface area contributed by atoms with Crippen LogP contribution >= 0.6 is 0 Å². The van der Waals surface area contributed by atoms with Crippen LogP contribution in [0.2, 0.25) is 0 Å². The first kappa shape index (κ1) is 17.9. The zero-order valence-corrected chi connectivity index (χ0v) is 14.7. The summed E-state index contributed by atoms with van der Waals surface area (Å²) in [5, 5.41) is 2.49. The quantitative estimate of drug-likeness (QED) is 0.452. The zero-order valence-electron chi connectivity index (χ0n) is 13.8. The Labute approximate surface area is 138 Å². The number of nitrogens with one attached hydrogen (secondary N) is 2. The summed E-state index contributed by atoms with van der Waals surface area (Å²) in [6, 6.07) is 8.23. The SMILES string of the molecule is CC1(C)CCC(NS(=O)(=O)CCCNC=O)Cc2ccccc21. The van der Waals surface area contributed by atoms with Crippen LogP contribution in [0.1, 0.15) is 44.2 Å². The van der Waals surface area contributed by atoms with E-state index in [0.29, 0.717) is 19.4 Å². The fourth-order valence-electron chi connectivity index (χ4n) is 3.23. The van der Waals surface area contributed by atoms with E-state index >= 15 is 0 Å². The molecule has 1 atom stereocenters. The number of carbonyl (C=O) groups excluding carboxylic acids is 1. The van der Waals surface area contributed by atoms with Gasteiger partial charge < -0.3 is 5.32 Å². The number of amides is 1. The van der Waals surface area contributed by atoms with Gasteiger partial charge in [0, 0.05) is 12.6 Å². The third-order valence-corrected chi connectivity index (χ3v) is 6.01. The molecule has 6 heteroatoms. The molecule has 1 amide bonds. The van der Waals surface area contributed by atoms with Crippen molar-refractivity contribution in [1.82, 2.24) is 10.0 Å². The van der Waals surface area contributed by atoms with Crippen molar-refractivity contribution < 1.29 is 13.2 Å². The Morgan fingerprint density at radius 3 is 2.78 bits per heavy atom. The number of hydrogen-bond donors (Lipinski definition) is 2. The van der Waals surface area contributed by atoms with Gasteiger partial charge in [0.15, 0.2) is 0 Å². The molecule has 128 valence electrons. The normalized spacial score (nSPS) is 20.3. The van der Waals surface area contributed by atoms with Crippen LogP contribution in [0.15, 0.2) is 24.3 Å². The van der Waals surface area contributed by atoms with Gasteiger partial charge in [-0.15, -0.1) is 0 Å². The van der Waals surface area contributed by atoms with Crippen molar-refractivity contribution in [3.8, 4) is 0 Å². The highest BCUT2D eigenvalue weighted by atomic mass is 32.2. The van der Waals surface area contributed by atoms with Crippen molar-refractivity contribution in [2.24, 2.45) is 0 Å². The lowest BCUT2D eigenvalue weighted by atomic mass is 9.80. The monoisotopic (exact) mass is 338 g/mol. The molecule has 0 saturated carbocycles. The molecule has 1 aliphatic carbocycles. The number of fused-ring (bicyclic) bond motifs is 1. The molecule has 0 radical (unpaired) electrons. The third kappa shape index (κ3) is 5.04. The van der Waals surface area contributed by atoms with Gasteiger partial charge in [0.1, 0.15) is 0 Å². The van der Waals surface area contributed by atoms with Crippen molar-refractivity contribution in [3.63, 3.8) is 0 Å². The Hall–Kier alpha value is -1.40. The lowest BCUT2D eigenvalue weighted by Gasteiger charge is -2.25. The average Bonchev–Trinajstić information content (AvgIpc) is 2.61. The Kier molecular flexibility index (Phi) is 5.81. The summed E-state index contributed by atoms with van der Waals surface area (Å²) in [5.41, 5.74) is 2.60. The van der Waals surface area contributed by atoms with Gasteiger partial charge in [-0.25, -0.2) is 13.1 Å². The molecule has 0 heterocycles. The number of benzene rings is 1. The van der Waals surface area contributed by atoms with Gasteiger partial charge in [0.05, 0.1) is 5.75 Å².